The number of halogens is 1. The summed E-state index contributed by atoms with van der Waals surface area (Å²) in [6.45, 7) is 8.04. The maximum Gasteiger partial charge on any atom is 0.123 e. The molecule has 0 saturated heterocycles. The van der Waals surface area contributed by atoms with E-state index in [1.54, 1.807) is 12.1 Å². The molecule has 2 atom stereocenters. The van der Waals surface area contributed by atoms with Crippen molar-refractivity contribution in [3.05, 3.63) is 35.6 Å². The van der Waals surface area contributed by atoms with Crippen LogP contribution in [0.2, 0.25) is 0 Å². The molecule has 0 spiro atoms. The van der Waals surface area contributed by atoms with Crippen molar-refractivity contribution in [2.45, 2.75) is 51.9 Å². The molecule has 0 aromatic heterocycles. The number of ether oxygens (including phenoxy) is 1. The number of rotatable bonds is 5. The molecule has 1 rings (SSSR count). The van der Waals surface area contributed by atoms with Gasteiger partial charge in [0, 0.05) is 6.04 Å². The second-order valence-corrected chi connectivity index (χ2v) is 5.06. The van der Waals surface area contributed by atoms with Crippen molar-refractivity contribution in [3.8, 4) is 0 Å². The molecule has 3 heteroatoms. The number of hydrogen-bond donors (Lipinski definition) is 1. The zero-order chi connectivity index (χ0) is 13.1. The fraction of sp³-hybridized carbons (Fsp3) is 0.571. The predicted molar refractivity (Wildman–Crippen MR) is 68.2 cm³/mol. The normalized spacial score (nSPS) is 15.6. The summed E-state index contributed by atoms with van der Waals surface area (Å²) in [4.78, 5) is 0. The zero-order valence-corrected chi connectivity index (χ0v) is 11.0. The maximum atomic E-state index is 12.9. The first-order valence-corrected chi connectivity index (χ1v) is 6.04. The molecule has 2 N–H and O–H groups in total. The Hall–Kier alpha value is -0.930. The molecule has 0 bridgehead atoms. The van der Waals surface area contributed by atoms with Crippen molar-refractivity contribution in [3.63, 3.8) is 0 Å². The fourth-order valence-corrected chi connectivity index (χ4v) is 1.56. The number of nitrogens with two attached hydrogens (primary N) is 1. The Morgan fingerprint density at radius 1 is 1.29 bits per heavy atom. The molecule has 0 aliphatic rings. The molecule has 1 aromatic carbocycles. The van der Waals surface area contributed by atoms with Crippen molar-refractivity contribution in [1.82, 2.24) is 0 Å². The summed E-state index contributed by atoms with van der Waals surface area (Å²) in [6, 6.07) is 6.20. The minimum atomic E-state index is -0.244. The van der Waals surface area contributed by atoms with Crippen LogP contribution in [0.3, 0.4) is 0 Å². The largest absolute Gasteiger partial charge is 0.366 e. The van der Waals surface area contributed by atoms with Gasteiger partial charge in [-0.1, -0.05) is 19.1 Å². The van der Waals surface area contributed by atoms with Gasteiger partial charge in [-0.25, -0.2) is 4.39 Å². The summed E-state index contributed by atoms with van der Waals surface area (Å²) < 4.78 is 18.9. The Balaban J connectivity index is 2.90. The van der Waals surface area contributed by atoms with Crippen molar-refractivity contribution in [1.29, 1.82) is 0 Å². The SMILES string of the molecule is CCC(C)(C)OC(c1ccc(F)cc1)C(C)N. The molecular formula is C14H22FNO. The Morgan fingerprint density at radius 2 is 1.82 bits per heavy atom. The first kappa shape index (κ1) is 14.1. The molecule has 0 aliphatic carbocycles. The third kappa shape index (κ3) is 4.10. The van der Waals surface area contributed by atoms with Crippen LogP contribution in [0.4, 0.5) is 4.39 Å². The van der Waals surface area contributed by atoms with E-state index in [1.807, 2.05) is 20.8 Å². The van der Waals surface area contributed by atoms with Crippen molar-refractivity contribution in [2.75, 3.05) is 0 Å². The summed E-state index contributed by atoms with van der Waals surface area (Å²) in [5, 5.41) is 0. The molecule has 17 heavy (non-hydrogen) atoms. The van der Waals surface area contributed by atoms with Gasteiger partial charge in [0.25, 0.3) is 0 Å². The Labute approximate surface area is 103 Å². The molecule has 0 amide bonds. The highest BCUT2D eigenvalue weighted by atomic mass is 19.1. The third-order valence-electron chi connectivity index (χ3n) is 2.97. The summed E-state index contributed by atoms with van der Waals surface area (Å²) in [5.74, 6) is -0.244. The maximum absolute atomic E-state index is 12.9. The van der Waals surface area contributed by atoms with Gasteiger partial charge in [0.1, 0.15) is 5.82 Å². The van der Waals surface area contributed by atoms with Crippen LogP contribution in [0.1, 0.15) is 45.8 Å². The lowest BCUT2D eigenvalue weighted by Gasteiger charge is -2.32. The molecule has 2 nitrogen and oxygen atoms in total. The Bertz CT molecular complexity index is 346. The first-order chi connectivity index (χ1) is 7.85. The topological polar surface area (TPSA) is 35.2 Å². The monoisotopic (exact) mass is 239 g/mol. The molecule has 0 radical (unpaired) electrons. The summed E-state index contributed by atoms with van der Waals surface area (Å²) in [6.07, 6.45) is 0.697. The average Bonchev–Trinajstić information content (AvgIpc) is 2.27. The Morgan fingerprint density at radius 3 is 2.24 bits per heavy atom. The highest BCUT2D eigenvalue weighted by molar-refractivity contribution is 5.20. The Kier molecular flexibility index (Phi) is 4.66. The molecule has 0 fully saturated rings. The quantitative estimate of drug-likeness (QED) is 0.854. The van der Waals surface area contributed by atoms with Crippen LogP contribution < -0.4 is 5.73 Å². The van der Waals surface area contributed by atoms with E-state index in [1.165, 1.54) is 12.1 Å². The predicted octanol–water partition coefficient (Wildman–Crippen LogP) is 3.42. The van der Waals surface area contributed by atoms with Gasteiger partial charge >= 0.3 is 0 Å². The lowest BCUT2D eigenvalue weighted by molar-refractivity contribution is -0.0833. The lowest BCUT2D eigenvalue weighted by atomic mass is 10.0. The number of benzene rings is 1. The van der Waals surface area contributed by atoms with Crippen molar-refractivity contribution < 1.29 is 9.13 Å². The van der Waals surface area contributed by atoms with Gasteiger partial charge in [-0.2, -0.15) is 0 Å². The van der Waals surface area contributed by atoms with Crippen LogP contribution in [0.25, 0.3) is 0 Å². The smallest absolute Gasteiger partial charge is 0.123 e. The molecule has 0 saturated carbocycles. The van der Waals surface area contributed by atoms with Gasteiger partial charge in [-0.05, 0) is 44.9 Å². The second kappa shape index (κ2) is 5.61. The van der Waals surface area contributed by atoms with Crippen LogP contribution >= 0.6 is 0 Å². The van der Waals surface area contributed by atoms with E-state index in [-0.39, 0.29) is 23.6 Å². The fourth-order valence-electron chi connectivity index (χ4n) is 1.56. The molecule has 0 aliphatic heterocycles. The molecule has 0 heterocycles. The van der Waals surface area contributed by atoms with Crippen LogP contribution in [0, 0.1) is 5.82 Å². The lowest BCUT2D eigenvalue weighted by Crippen LogP contribution is -2.34. The van der Waals surface area contributed by atoms with Gasteiger partial charge < -0.3 is 10.5 Å². The van der Waals surface area contributed by atoms with E-state index in [0.717, 1.165) is 12.0 Å². The minimum absolute atomic E-state index is 0.133. The van der Waals surface area contributed by atoms with Gasteiger partial charge in [-0.3, -0.25) is 0 Å². The summed E-state index contributed by atoms with van der Waals surface area (Å²) in [7, 11) is 0. The van der Waals surface area contributed by atoms with Gasteiger partial charge in [0.05, 0.1) is 11.7 Å². The van der Waals surface area contributed by atoms with Crippen LogP contribution in [-0.2, 0) is 4.74 Å². The minimum Gasteiger partial charge on any atom is -0.366 e. The van der Waals surface area contributed by atoms with E-state index in [0.29, 0.717) is 0 Å². The van der Waals surface area contributed by atoms with Gasteiger partial charge in [0.15, 0.2) is 0 Å². The first-order valence-electron chi connectivity index (χ1n) is 6.04. The van der Waals surface area contributed by atoms with Crippen molar-refractivity contribution >= 4 is 0 Å². The average molecular weight is 239 g/mol. The number of hydrogen-bond acceptors (Lipinski definition) is 2. The molecule has 96 valence electrons. The third-order valence-corrected chi connectivity index (χ3v) is 2.97. The second-order valence-electron chi connectivity index (χ2n) is 5.06. The zero-order valence-electron chi connectivity index (χ0n) is 11.0. The van der Waals surface area contributed by atoms with E-state index in [2.05, 4.69) is 6.92 Å². The molecule has 1 aromatic rings. The van der Waals surface area contributed by atoms with E-state index in [4.69, 9.17) is 10.5 Å². The van der Waals surface area contributed by atoms with Crippen LogP contribution in [0.15, 0.2) is 24.3 Å². The van der Waals surface area contributed by atoms with E-state index in [9.17, 15) is 4.39 Å². The standard InChI is InChI=1S/C14H22FNO/c1-5-14(3,4)17-13(10(2)16)11-6-8-12(15)9-7-11/h6-10,13H,5,16H2,1-4H3. The van der Waals surface area contributed by atoms with Gasteiger partial charge in [-0.15, -0.1) is 0 Å². The van der Waals surface area contributed by atoms with Crippen LogP contribution in [0.5, 0.6) is 0 Å². The van der Waals surface area contributed by atoms with Crippen molar-refractivity contribution in [2.24, 2.45) is 5.73 Å². The summed E-state index contributed by atoms with van der Waals surface area (Å²) >= 11 is 0. The highest BCUT2D eigenvalue weighted by Gasteiger charge is 2.25. The van der Waals surface area contributed by atoms with Gasteiger partial charge in [0.2, 0.25) is 0 Å². The summed E-state index contributed by atoms with van der Waals surface area (Å²) in [5.41, 5.74) is 6.64. The van der Waals surface area contributed by atoms with E-state index < -0.39 is 0 Å². The van der Waals surface area contributed by atoms with Crippen LogP contribution in [-0.4, -0.2) is 11.6 Å². The molecule has 2 unspecified atom stereocenters. The highest BCUT2D eigenvalue weighted by Crippen LogP contribution is 2.28. The van der Waals surface area contributed by atoms with E-state index >= 15 is 0 Å². The molecular weight excluding hydrogens is 217 g/mol.